The lowest BCUT2D eigenvalue weighted by Crippen LogP contribution is -2.01. The van der Waals surface area contributed by atoms with Crippen molar-refractivity contribution in [1.82, 2.24) is 0 Å². The number of benzene rings is 4. The van der Waals surface area contributed by atoms with Crippen molar-refractivity contribution in [2.75, 3.05) is 6.26 Å². The van der Waals surface area contributed by atoms with Gasteiger partial charge in [-0.2, -0.15) is 16.8 Å². The lowest BCUT2D eigenvalue weighted by atomic mass is 9.97. The molecule has 4 N–H and O–H groups in total. The first-order valence-electron chi connectivity index (χ1n) is 11.9. The highest BCUT2D eigenvalue weighted by molar-refractivity contribution is 7.95. The molecule has 230 valence electrons. The van der Waals surface area contributed by atoms with Crippen LogP contribution in [0, 0.1) is 13.8 Å². The zero-order valence-corrected chi connectivity index (χ0v) is 26.0. The van der Waals surface area contributed by atoms with Crippen LogP contribution < -0.4 is 0 Å². The molecule has 0 saturated carbocycles. The number of aryl methyl sites for hydroxylation is 2. The molecule has 43 heavy (non-hydrogen) atoms. The van der Waals surface area contributed by atoms with Crippen molar-refractivity contribution in [3.05, 3.63) is 90.0 Å². The van der Waals surface area contributed by atoms with Gasteiger partial charge in [-0.05, 0) is 65.4 Å². The molecule has 4 aromatic carbocycles. The topological polar surface area (TPSA) is 186 Å². The Labute approximate surface area is 256 Å². The molecule has 12 nitrogen and oxygen atoms in total. The summed E-state index contributed by atoms with van der Waals surface area (Å²) in [6.45, 7) is 3.79. The average Bonchev–Trinajstić information content (AvgIpc) is 2.94. The van der Waals surface area contributed by atoms with Gasteiger partial charge < -0.3 is 0 Å². The van der Waals surface area contributed by atoms with Crippen molar-refractivity contribution in [1.29, 1.82) is 0 Å². The van der Waals surface area contributed by atoms with Gasteiger partial charge in [0.05, 0.1) is 30.3 Å². The number of hydrogen-bond donors (Lipinski definition) is 4. The van der Waals surface area contributed by atoms with E-state index in [1.165, 1.54) is 6.07 Å². The largest absolute Gasteiger partial charge is 0.295 e. The Hall–Kier alpha value is -2.84. The summed E-state index contributed by atoms with van der Waals surface area (Å²) >= 11 is 1.58. The van der Waals surface area contributed by atoms with Gasteiger partial charge in [-0.15, -0.1) is 8.67 Å². The van der Waals surface area contributed by atoms with Crippen molar-refractivity contribution in [3.63, 3.8) is 0 Å². The predicted octanol–water partition coefficient (Wildman–Crippen LogP) is 6.91. The third kappa shape index (κ3) is 10.4. The van der Waals surface area contributed by atoms with E-state index in [-0.39, 0.29) is 4.90 Å². The molecule has 16 heteroatoms. The second-order valence-corrected chi connectivity index (χ2v) is 13.3. The first kappa shape index (κ1) is 34.6. The predicted molar refractivity (Wildman–Crippen MR) is 161 cm³/mol. The van der Waals surface area contributed by atoms with E-state index in [2.05, 4.69) is 14.4 Å². The molecule has 0 bridgehead atoms. The minimum atomic E-state index is -4.54. The average molecular weight is 671 g/mol. The maximum atomic E-state index is 12.3. The van der Waals surface area contributed by atoms with Crippen molar-refractivity contribution in [2.24, 2.45) is 0 Å². The maximum Gasteiger partial charge on any atom is 0.295 e. The van der Waals surface area contributed by atoms with Crippen molar-refractivity contribution >= 4 is 44.3 Å². The van der Waals surface area contributed by atoms with Crippen molar-refractivity contribution in [3.8, 4) is 33.4 Å². The Morgan fingerprint density at radius 1 is 0.605 bits per heavy atom. The SMILES string of the molecule is CS(=O)(=O)O.Cc1ccc(-c2ccc(-c3ccc(-c4ccc(C)c(SOOO)c4)c(SOOO)c3)cc2S(=O)(=O)O)cc1. The van der Waals surface area contributed by atoms with Crippen LogP contribution in [0.3, 0.4) is 0 Å². The first-order chi connectivity index (χ1) is 20.2. The third-order valence-corrected chi connectivity index (χ3v) is 8.03. The van der Waals surface area contributed by atoms with Crippen molar-refractivity contribution < 1.29 is 55.2 Å². The molecule has 0 radical (unpaired) electrons. The molecule has 0 aliphatic rings. The summed E-state index contributed by atoms with van der Waals surface area (Å²) in [5.74, 6) is 0. The molecule has 0 fully saturated rings. The molecule has 4 aromatic rings. The quantitative estimate of drug-likeness (QED) is 0.0590. The van der Waals surface area contributed by atoms with E-state index < -0.39 is 20.2 Å². The van der Waals surface area contributed by atoms with Gasteiger partial charge in [-0.1, -0.05) is 76.3 Å². The Morgan fingerprint density at radius 3 is 1.63 bits per heavy atom. The first-order valence-corrected chi connectivity index (χ1v) is 16.6. The molecule has 0 amide bonds. The monoisotopic (exact) mass is 670 g/mol. The van der Waals surface area contributed by atoms with E-state index in [1.807, 2.05) is 44.2 Å². The summed E-state index contributed by atoms with van der Waals surface area (Å²) < 4.78 is 69.8. The van der Waals surface area contributed by atoms with Gasteiger partial charge in [-0.3, -0.25) is 9.11 Å². The summed E-state index contributed by atoms with van der Waals surface area (Å²) in [6, 6.07) is 22.9. The number of rotatable bonds is 10. The van der Waals surface area contributed by atoms with Crippen LogP contribution in [-0.2, 0) is 39.0 Å². The van der Waals surface area contributed by atoms with Crippen LogP contribution in [-0.4, -0.2) is 42.7 Å². The van der Waals surface area contributed by atoms with Crippen LogP contribution in [0.25, 0.3) is 33.4 Å². The third-order valence-electron chi connectivity index (χ3n) is 5.74. The highest BCUT2D eigenvalue weighted by Crippen LogP contribution is 2.39. The van der Waals surface area contributed by atoms with Crippen LogP contribution in [0.2, 0.25) is 0 Å². The minimum absolute atomic E-state index is 0.224. The summed E-state index contributed by atoms with van der Waals surface area (Å²) in [5, 5.41) is 24.7. The molecular weight excluding hydrogens is 645 g/mol. The molecule has 0 aliphatic heterocycles. The Morgan fingerprint density at radius 2 is 1.07 bits per heavy atom. The molecular formula is C27H26O12S4. The smallest absolute Gasteiger partial charge is 0.286 e. The number of hydrogen-bond acceptors (Lipinski definition) is 12. The Kier molecular flexibility index (Phi) is 12.3. The van der Waals surface area contributed by atoms with E-state index in [0.29, 0.717) is 43.9 Å². The highest BCUT2D eigenvalue weighted by Gasteiger charge is 2.19. The standard InChI is InChI=1S/C26H22O9S3.CH4O3S/c1-16-3-6-18(7-4-16)23-12-10-20(15-26(23)38(29,30)31)19-9-11-22(25(13-19)37-35-33-28)21-8-5-17(2)24(14-21)36-34-32-27;1-5(2,3)4/h3-15,27-28H,1-2H3,(H,29,30,31);1H3,(H,2,3,4). The van der Waals surface area contributed by atoms with Crippen molar-refractivity contribution in [2.45, 2.75) is 28.5 Å². The maximum absolute atomic E-state index is 12.3. The molecule has 0 spiro atoms. The zero-order chi connectivity index (χ0) is 31.8. The molecule has 0 unspecified atom stereocenters. The van der Waals surface area contributed by atoms with Crippen LogP contribution in [0.15, 0.2) is 93.5 Å². The van der Waals surface area contributed by atoms with E-state index in [1.54, 1.807) is 42.5 Å². The molecule has 0 atom stereocenters. The fraction of sp³-hybridized carbons (Fsp3) is 0.111. The van der Waals surface area contributed by atoms with E-state index >= 15 is 0 Å². The van der Waals surface area contributed by atoms with Gasteiger partial charge in [0.2, 0.25) is 0 Å². The highest BCUT2D eigenvalue weighted by atomic mass is 32.2. The normalized spacial score (nSPS) is 11.6. The van der Waals surface area contributed by atoms with Gasteiger partial charge in [0, 0.05) is 15.4 Å². The van der Waals surface area contributed by atoms with E-state index in [9.17, 15) is 21.4 Å². The molecule has 0 saturated heterocycles. The Bertz CT molecular complexity index is 1770. The summed E-state index contributed by atoms with van der Waals surface area (Å²) in [4.78, 5) is 0.991. The van der Waals surface area contributed by atoms with Gasteiger partial charge in [0.25, 0.3) is 20.2 Å². The van der Waals surface area contributed by atoms with Gasteiger partial charge in [0.15, 0.2) is 0 Å². The van der Waals surface area contributed by atoms with Gasteiger partial charge in [0.1, 0.15) is 4.90 Å². The second kappa shape index (κ2) is 15.2. The lowest BCUT2D eigenvalue weighted by molar-refractivity contribution is -0.432. The van der Waals surface area contributed by atoms with Crippen LogP contribution in [0.4, 0.5) is 0 Å². The Balaban J connectivity index is 0.000000934. The molecule has 0 aliphatic carbocycles. The summed E-state index contributed by atoms with van der Waals surface area (Å²) in [5.41, 5.74) is 5.53. The molecule has 0 heterocycles. The zero-order valence-electron chi connectivity index (χ0n) is 22.7. The molecule has 4 rings (SSSR count). The van der Waals surface area contributed by atoms with Crippen LogP contribution in [0.5, 0.6) is 0 Å². The summed E-state index contributed by atoms with van der Waals surface area (Å²) in [6.07, 6.45) is 0.715. The van der Waals surface area contributed by atoms with E-state index in [0.717, 1.165) is 40.8 Å². The fourth-order valence-electron chi connectivity index (χ4n) is 3.86. The summed E-state index contributed by atoms with van der Waals surface area (Å²) in [7, 11) is -8.21. The van der Waals surface area contributed by atoms with Gasteiger partial charge in [-0.25, -0.2) is 10.5 Å². The second-order valence-electron chi connectivity index (χ2n) is 8.93. The minimum Gasteiger partial charge on any atom is -0.286 e. The fourth-order valence-corrected chi connectivity index (χ4v) is 5.63. The lowest BCUT2D eigenvalue weighted by Gasteiger charge is -2.14. The van der Waals surface area contributed by atoms with E-state index in [4.69, 9.17) is 19.4 Å². The van der Waals surface area contributed by atoms with Crippen LogP contribution >= 0.6 is 24.1 Å². The molecule has 0 aromatic heterocycles. The van der Waals surface area contributed by atoms with Gasteiger partial charge >= 0.3 is 0 Å². The van der Waals surface area contributed by atoms with Crippen LogP contribution in [0.1, 0.15) is 11.1 Å².